The molecule has 1 aliphatic rings. The summed E-state index contributed by atoms with van der Waals surface area (Å²) < 4.78 is 5.09. The third-order valence-electron chi connectivity index (χ3n) is 3.77. The predicted octanol–water partition coefficient (Wildman–Crippen LogP) is 1.28. The molecule has 1 aliphatic heterocycles. The van der Waals surface area contributed by atoms with Gasteiger partial charge in [0.15, 0.2) is 0 Å². The summed E-state index contributed by atoms with van der Waals surface area (Å²) >= 11 is 0. The first-order valence-corrected chi connectivity index (χ1v) is 7.34. The summed E-state index contributed by atoms with van der Waals surface area (Å²) in [4.78, 5) is 15.5. The standard InChI is InChI=1S/C14H28N2O3/c1-3-7-15-8-4-5-13(6-9-15)16(10-11-19-2)12-14(17)18/h13H,3-12H2,1-2H3,(H,17,18). The maximum atomic E-state index is 11.0. The van der Waals surface area contributed by atoms with E-state index in [1.807, 2.05) is 0 Å². The molecule has 112 valence electrons. The first-order chi connectivity index (χ1) is 9.17. The van der Waals surface area contributed by atoms with Gasteiger partial charge in [-0.1, -0.05) is 6.92 Å². The van der Waals surface area contributed by atoms with Gasteiger partial charge in [0.05, 0.1) is 13.2 Å². The molecule has 1 atom stereocenters. The smallest absolute Gasteiger partial charge is 0.317 e. The van der Waals surface area contributed by atoms with Gasteiger partial charge in [0.25, 0.3) is 0 Å². The summed E-state index contributed by atoms with van der Waals surface area (Å²) in [6.45, 7) is 7.03. The highest BCUT2D eigenvalue weighted by atomic mass is 16.5. The van der Waals surface area contributed by atoms with Crippen LogP contribution in [0.5, 0.6) is 0 Å². The van der Waals surface area contributed by atoms with Crippen molar-refractivity contribution < 1.29 is 14.6 Å². The summed E-state index contributed by atoms with van der Waals surface area (Å²) in [7, 11) is 1.66. The summed E-state index contributed by atoms with van der Waals surface area (Å²) in [5, 5.41) is 9.03. The normalized spacial score (nSPS) is 21.5. The van der Waals surface area contributed by atoms with E-state index in [1.165, 1.54) is 6.42 Å². The van der Waals surface area contributed by atoms with E-state index in [0.29, 0.717) is 19.2 Å². The molecule has 1 heterocycles. The molecule has 19 heavy (non-hydrogen) atoms. The van der Waals surface area contributed by atoms with E-state index >= 15 is 0 Å². The van der Waals surface area contributed by atoms with Crippen molar-refractivity contribution in [1.29, 1.82) is 0 Å². The molecular formula is C14H28N2O3. The lowest BCUT2D eigenvalue weighted by Gasteiger charge is -2.29. The minimum Gasteiger partial charge on any atom is -0.480 e. The van der Waals surface area contributed by atoms with Crippen LogP contribution in [0, 0.1) is 0 Å². The van der Waals surface area contributed by atoms with Crippen molar-refractivity contribution in [2.75, 3.05) is 46.4 Å². The van der Waals surface area contributed by atoms with Crippen molar-refractivity contribution in [3.63, 3.8) is 0 Å². The number of likely N-dealkylation sites (tertiary alicyclic amines) is 1. The van der Waals surface area contributed by atoms with Gasteiger partial charge in [0, 0.05) is 19.7 Å². The van der Waals surface area contributed by atoms with Crippen LogP contribution in [0.1, 0.15) is 32.6 Å². The van der Waals surface area contributed by atoms with Crippen LogP contribution in [0.25, 0.3) is 0 Å². The third-order valence-corrected chi connectivity index (χ3v) is 3.77. The minimum atomic E-state index is -0.745. The molecule has 0 amide bonds. The molecule has 0 aromatic heterocycles. The van der Waals surface area contributed by atoms with Gasteiger partial charge in [-0.2, -0.15) is 0 Å². The number of aliphatic carboxylic acids is 1. The van der Waals surface area contributed by atoms with Crippen LogP contribution in [0.15, 0.2) is 0 Å². The molecule has 0 aromatic carbocycles. The van der Waals surface area contributed by atoms with Crippen molar-refractivity contribution in [1.82, 2.24) is 9.80 Å². The first kappa shape index (κ1) is 16.4. The first-order valence-electron chi connectivity index (χ1n) is 7.34. The largest absolute Gasteiger partial charge is 0.480 e. The molecule has 0 bridgehead atoms. The summed E-state index contributed by atoms with van der Waals surface area (Å²) in [5.41, 5.74) is 0. The average Bonchev–Trinajstić information content (AvgIpc) is 2.60. The molecule has 1 unspecified atom stereocenters. The van der Waals surface area contributed by atoms with E-state index in [4.69, 9.17) is 9.84 Å². The van der Waals surface area contributed by atoms with Gasteiger partial charge in [-0.15, -0.1) is 0 Å². The topological polar surface area (TPSA) is 53.0 Å². The van der Waals surface area contributed by atoms with Gasteiger partial charge in [0.1, 0.15) is 0 Å². The second-order valence-electron chi connectivity index (χ2n) is 5.28. The van der Waals surface area contributed by atoms with Crippen LogP contribution < -0.4 is 0 Å². The van der Waals surface area contributed by atoms with Gasteiger partial charge in [-0.25, -0.2) is 0 Å². The van der Waals surface area contributed by atoms with Crippen molar-refractivity contribution in [3.8, 4) is 0 Å². The van der Waals surface area contributed by atoms with Crippen LogP contribution in [0.4, 0.5) is 0 Å². The van der Waals surface area contributed by atoms with E-state index in [-0.39, 0.29) is 6.54 Å². The highest BCUT2D eigenvalue weighted by Crippen LogP contribution is 2.17. The van der Waals surface area contributed by atoms with Crippen molar-refractivity contribution in [2.24, 2.45) is 0 Å². The molecule has 0 saturated carbocycles. The van der Waals surface area contributed by atoms with E-state index in [1.54, 1.807) is 7.11 Å². The Bertz CT molecular complexity index is 261. The molecule has 5 heteroatoms. The SMILES string of the molecule is CCCN1CCCC(N(CCOC)CC(=O)O)CC1. The van der Waals surface area contributed by atoms with Crippen molar-refractivity contribution >= 4 is 5.97 Å². The van der Waals surface area contributed by atoms with Crippen LogP contribution >= 0.6 is 0 Å². The van der Waals surface area contributed by atoms with E-state index in [0.717, 1.165) is 38.9 Å². The lowest BCUT2D eigenvalue weighted by Crippen LogP contribution is -2.41. The Balaban J connectivity index is 2.50. The Morgan fingerprint density at radius 2 is 2.21 bits per heavy atom. The molecule has 1 fully saturated rings. The molecular weight excluding hydrogens is 244 g/mol. The molecule has 1 rings (SSSR count). The number of carboxylic acid groups (broad SMARTS) is 1. The molecule has 0 spiro atoms. The Morgan fingerprint density at radius 3 is 2.84 bits per heavy atom. The molecule has 1 saturated heterocycles. The van der Waals surface area contributed by atoms with Gasteiger partial charge in [-0.3, -0.25) is 9.69 Å². The van der Waals surface area contributed by atoms with E-state index < -0.39 is 5.97 Å². The Kier molecular flexibility index (Phi) is 8.02. The van der Waals surface area contributed by atoms with Gasteiger partial charge in [0.2, 0.25) is 0 Å². The van der Waals surface area contributed by atoms with Crippen LogP contribution in [-0.4, -0.2) is 73.4 Å². The fraction of sp³-hybridized carbons (Fsp3) is 0.929. The Hall–Kier alpha value is -0.650. The lowest BCUT2D eigenvalue weighted by molar-refractivity contribution is -0.139. The van der Waals surface area contributed by atoms with Crippen LogP contribution in [0.3, 0.4) is 0 Å². The van der Waals surface area contributed by atoms with Crippen molar-refractivity contribution in [2.45, 2.75) is 38.6 Å². The third kappa shape index (κ3) is 6.36. The van der Waals surface area contributed by atoms with Gasteiger partial charge < -0.3 is 14.7 Å². The summed E-state index contributed by atoms with van der Waals surface area (Å²) in [5.74, 6) is -0.745. The van der Waals surface area contributed by atoms with E-state index in [2.05, 4.69) is 16.7 Å². The summed E-state index contributed by atoms with van der Waals surface area (Å²) in [6.07, 6.45) is 4.51. The van der Waals surface area contributed by atoms with E-state index in [9.17, 15) is 4.79 Å². The number of ether oxygens (including phenoxy) is 1. The fourth-order valence-electron chi connectivity index (χ4n) is 2.82. The average molecular weight is 272 g/mol. The number of carbonyl (C=O) groups is 1. The molecule has 1 N–H and O–H groups in total. The quantitative estimate of drug-likeness (QED) is 0.721. The number of carboxylic acids is 1. The second-order valence-corrected chi connectivity index (χ2v) is 5.28. The minimum absolute atomic E-state index is 0.127. The number of methoxy groups -OCH3 is 1. The maximum Gasteiger partial charge on any atom is 0.317 e. The highest BCUT2D eigenvalue weighted by molar-refractivity contribution is 5.69. The highest BCUT2D eigenvalue weighted by Gasteiger charge is 2.23. The zero-order valence-corrected chi connectivity index (χ0v) is 12.3. The zero-order chi connectivity index (χ0) is 14.1. The number of rotatable bonds is 8. The Labute approximate surface area is 116 Å². The molecule has 0 aliphatic carbocycles. The maximum absolute atomic E-state index is 11.0. The molecule has 0 aromatic rings. The molecule has 0 radical (unpaired) electrons. The number of nitrogens with zero attached hydrogens (tertiary/aromatic N) is 2. The van der Waals surface area contributed by atoms with Gasteiger partial charge in [-0.05, 0) is 45.3 Å². The van der Waals surface area contributed by atoms with Crippen LogP contribution in [-0.2, 0) is 9.53 Å². The number of hydrogen-bond donors (Lipinski definition) is 1. The Morgan fingerprint density at radius 1 is 1.42 bits per heavy atom. The monoisotopic (exact) mass is 272 g/mol. The lowest BCUT2D eigenvalue weighted by atomic mass is 10.1. The predicted molar refractivity (Wildman–Crippen MR) is 75.5 cm³/mol. The van der Waals surface area contributed by atoms with Crippen LogP contribution in [0.2, 0.25) is 0 Å². The second kappa shape index (κ2) is 9.28. The summed E-state index contributed by atoms with van der Waals surface area (Å²) in [6, 6.07) is 0.383. The molecule has 5 nitrogen and oxygen atoms in total. The van der Waals surface area contributed by atoms with Gasteiger partial charge >= 0.3 is 5.97 Å². The zero-order valence-electron chi connectivity index (χ0n) is 12.3. The fourth-order valence-corrected chi connectivity index (χ4v) is 2.82. The number of hydrogen-bond acceptors (Lipinski definition) is 4. The van der Waals surface area contributed by atoms with Crippen molar-refractivity contribution in [3.05, 3.63) is 0 Å².